The zero-order valence-corrected chi connectivity index (χ0v) is 15.7. The molecule has 1 amide bonds. The van der Waals surface area contributed by atoms with E-state index < -0.39 is 0 Å². The van der Waals surface area contributed by atoms with Gasteiger partial charge in [0, 0.05) is 35.3 Å². The lowest BCUT2D eigenvalue weighted by atomic mass is 10.0. The molecule has 0 bridgehead atoms. The van der Waals surface area contributed by atoms with Crippen LogP contribution < -0.4 is 10.2 Å². The van der Waals surface area contributed by atoms with E-state index in [0.29, 0.717) is 11.1 Å². The van der Waals surface area contributed by atoms with Crippen LogP contribution in [0.15, 0.2) is 30.3 Å². The molecule has 1 aliphatic rings. The highest BCUT2D eigenvalue weighted by Crippen LogP contribution is 2.26. The highest BCUT2D eigenvalue weighted by Gasteiger charge is 2.24. The average molecular weight is 367 g/mol. The number of carbonyl (C=O) groups excluding carboxylic acids is 2. The predicted molar refractivity (Wildman–Crippen MR) is 103 cm³/mol. The van der Waals surface area contributed by atoms with Gasteiger partial charge in [-0.1, -0.05) is 0 Å². The predicted octanol–water partition coefficient (Wildman–Crippen LogP) is 3.53. The van der Waals surface area contributed by atoms with Crippen molar-refractivity contribution in [1.82, 2.24) is 5.32 Å². The molecule has 0 saturated carbocycles. The van der Waals surface area contributed by atoms with Crippen LogP contribution in [-0.2, 0) is 0 Å². The van der Waals surface area contributed by atoms with E-state index in [1.807, 2.05) is 19.1 Å². The number of amides is 1. The number of benzene rings is 1. The molecule has 0 unspecified atom stereocenters. The van der Waals surface area contributed by atoms with Gasteiger partial charge in [-0.05, 0) is 57.0 Å². The van der Waals surface area contributed by atoms with Crippen molar-refractivity contribution in [3.05, 3.63) is 51.2 Å². The van der Waals surface area contributed by atoms with Gasteiger partial charge in [0.2, 0.25) is 0 Å². The van der Waals surface area contributed by atoms with Crippen molar-refractivity contribution in [2.75, 3.05) is 18.0 Å². The van der Waals surface area contributed by atoms with E-state index in [9.17, 15) is 9.59 Å². The van der Waals surface area contributed by atoms with Gasteiger partial charge >= 0.3 is 0 Å². The number of nitrogens with one attached hydrogen (secondary N) is 1. The molecular weight excluding hydrogens is 346 g/mol. The van der Waals surface area contributed by atoms with Crippen LogP contribution in [0, 0.1) is 18.3 Å². The molecule has 0 radical (unpaired) electrons. The van der Waals surface area contributed by atoms with Gasteiger partial charge in [-0.2, -0.15) is 5.26 Å². The number of carbonyl (C=O) groups is 2. The monoisotopic (exact) mass is 367 g/mol. The van der Waals surface area contributed by atoms with Crippen LogP contribution in [0.25, 0.3) is 0 Å². The van der Waals surface area contributed by atoms with Crippen molar-refractivity contribution in [3.8, 4) is 6.07 Å². The first-order valence-corrected chi connectivity index (χ1v) is 9.47. The maximum atomic E-state index is 12.3. The molecule has 1 aliphatic heterocycles. The molecule has 1 aromatic heterocycles. The normalized spacial score (nSPS) is 14.7. The third kappa shape index (κ3) is 3.94. The Kier molecular flexibility index (Phi) is 5.38. The Morgan fingerprint density at radius 1 is 1.23 bits per heavy atom. The van der Waals surface area contributed by atoms with Gasteiger partial charge in [-0.15, -0.1) is 11.3 Å². The Morgan fingerprint density at radius 3 is 2.54 bits per heavy atom. The third-order valence-corrected chi connectivity index (χ3v) is 5.64. The number of piperidine rings is 1. The molecule has 134 valence electrons. The SMILES string of the molecule is CC(=O)c1ccc(C#N)cc1N1CCC(NC(=O)c2ccc(C)s2)CC1. The second kappa shape index (κ2) is 7.71. The fourth-order valence-corrected chi connectivity index (χ4v) is 4.01. The second-order valence-electron chi connectivity index (χ2n) is 6.54. The minimum Gasteiger partial charge on any atom is -0.371 e. The lowest BCUT2D eigenvalue weighted by molar-refractivity contribution is 0.0934. The van der Waals surface area contributed by atoms with E-state index in [2.05, 4.69) is 16.3 Å². The van der Waals surface area contributed by atoms with Crippen molar-refractivity contribution in [3.63, 3.8) is 0 Å². The minimum absolute atomic E-state index is 0.00650. The van der Waals surface area contributed by atoms with E-state index in [-0.39, 0.29) is 17.7 Å². The molecule has 2 heterocycles. The largest absolute Gasteiger partial charge is 0.371 e. The van der Waals surface area contributed by atoms with Gasteiger partial charge < -0.3 is 10.2 Å². The highest BCUT2D eigenvalue weighted by molar-refractivity contribution is 7.13. The van der Waals surface area contributed by atoms with E-state index in [1.165, 1.54) is 11.3 Å². The molecule has 6 heteroatoms. The van der Waals surface area contributed by atoms with Crippen molar-refractivity contribution < 1.29 is 9.59 Å². The van der Waals surface area contributed by atoms with Crippen LogP contribution >= 0.6 is 11.3 Å². The molecule has 0 atom stereocenters. The molecule has 0 aliphatic carbocycles. The number of Topliss-reactive ketones (excluding diaryl/α,β-unsaturated/α-hetero) is 1. The van der Waals surface area contributed by atoms with E-state index in [4.69, 9.17) is 5.26 Å². The summed E-state index contributed by atoms with van der Waals surface area (Å²) in [5.74, 6) is -0.0227. The fourth-order valence-electron chi connectivity index (χ4n) is 3.24. The van der Waals surface area contributed by atoms with Gasteiger partial charge in [0.05, 0.1) is 16.5 Å². The molecular formula is C20H21N3O2S. The summed E-state index contributed by atoms with van der Waals surface area (Å²) in [5.41, 5.74) is 2.00. The first kappa shape index (κ1) is 18.2. The van der Waals surface area contributed by atoms with Crippen LogP contribution in [0.3, 0.4) is 0 Å². The Hall–Kier alpha value is -2.65. The molecule has 1 saturated heterocycles. The Labute approximate surface area is 157 Å². The molecule has 1 fully saturated rings. The summed E-state index contributed by atoms with van der Waals surface area (Å²) in [6.07, 6.45) is 1.62. The minimum atomic E-state index is -0.0162. The molecule has 3 rings (SSSR count). The second-order valence-corrected chi connectivity index (χ2v) is 7.83. The van der Waals surface area contributed by atoms with Crippen LogP contribution in [-0.4, -0.2) is 30.8 Å². The lowest BCUT2D eigenvalue weighted by Gasteiger charge is -2.34. The number of nitrogens with zero attached hydrogens (tertiary/aromatic N) is 2. The highest BCUT2D eigenvalue weighted by atomic mass is 32.1. The Morgan fingerprint density at radius 2 is 1.96 bits per heavy atom. The summed E-state index contributed by atoms with van der Waals surface area (Å²) in [7, 11) is 0. The molecule has 26 heavy (non-hydrogen) atoms. The third-order valence-electron chi connectivity index (χ3n) is 4.64. The quantitative estimate of drug-likeness (QED) is 0.839. The number of ketones is 1. The van der Waals surface area contributed by atoms with Gasteiger partial charge in [0.1, 0.15) is 0 Å². The summed E-state index contributed by atoms with van der Waals surface area (Å²) in [6, 6.07) is 11.3. The summed E-state index contributed by atoms with van der Waals surface area (Å²) in [6.45, 7) is 5.01. The summed E-state index contributed by atoms with van der Waals surface area (Å²) >= 11 is 1.50. The van der Waals surface area contributed by atoms with Crippen LogP contribution in [0.2, 0.25) is 0 Å². The molecule has 5 nitrogen and oxygen atoms in total. The number of thiophene rings is 1. The van der Waals surface area contributed by atoms with E-state index in [0.717, 1.165) is 41.4 Å². The standard InChI is InChI=1S/C20H21N3O2S/c1-13-3-6-19(26-13)20(25)22-16-7-9-23(10-8-16)18-11-15(12-21)4-5-17(18)14(2)24/h3-6,11,16H,7-10H2,1-2H3,(H,22,25). The van der Waals surface area contributed by atoms with Crippen molar-refractivity contribution in [2.24, 2.45) is 0 Å². The van der Waals surface area contributed by atoms with Crippen LogP contribution in [0.1, 0.15) is 50.2 Å². The maximum Gasteiger partial charge on any atom is 0.261 e. The fraction of sp³-hybridized carbons (Fsp3) is 0.350. The number of nitriles is 1. The molecule has 1 aromatic carbocycles. The van der Waals surface area contributed by atoms with Gasteiger partial charge in [-0.3, -0.25) is 9.59 Å². The van der Waals surface area contributed by atoms with Gasteiger partial charge in [0.15, 0.2) is 5.78 Å². The Bertz CT molecular complexity index is 873. The number of hydrogen-bond acceptors (Lipinski definition) is 5. The molecule has 1 N–H and O–H groups in total. The summed E-state index contributed by atoms with van der Waals surface area (Å²) < 4.78 is 0. The smallest absolute Gasteiger partial charge is 0.261 e. The summed E-state index contributed by atoms with van der Waals surface area (Å²) in [5, 5.41) is 12.2. The summed E-state index contributed by atoms with van der Waals surface area (Å²) in [4.78, 5) is 28.2. The number of anilines is 1. The first-order valence-electron chi connectivity index (χ1n) is 8.65. The van der Waals surface area contributed by atoms with Gasteiger partial charge in [0.25, 0.3) is 5.91 Å². The van der Waals surface area contributed by atoms with Crippen LogP contribution in [0.5, 0.6) is 0 Å². The number of rotatable bonds is 4. The van der Waals surface area contributed by atoms with Crippen LogP contribution in [0.4, 0.5) is 5.69 Å². The Balaban J connectivity index is 1.66. The molecule has 0 spiro atoms. The van der Waals surface area contributed by atoms with E-state index >= 15 is 0 Å². The van der Waals surface area contributed by atoms with E-state index in [1.54, 1.807) is 25.1 Å². The van der Waals surface area contributed by atoms with Crippen molar-refractivity contribution in [1.29, 1.82) is 5.26 Å². The average Bonchev–Trinajstić information content (AvgIpc) is 3.08. The zero-order chi connectivity index (χ0) is 18.7. The zero-order valence-electron chi connectivity index (χ0n) is 14.9. The maximum absolute atomic E-state index is 12.3. The van der Waals surface area contributed by atoms with Crippen molar-refractivity contribution in [2.45, 2.75) is 32.7 Å². The molecule has 2 aromatic rings. The van der Waals surface area contributed by atoms with Gasteiger partial charge in [-0.25, -0.2) is 0 Å². The van der Waals surface area contributed by atoms with Crippen molar-refractivity contribution >= 4 is 28.7 Å². The first-order chi connectivity index (χ1) is 12.5. The topological polar surface area (TPSA) is 73.2 Å². The lowest BCUT2D eigenvalue weighted by Crippen LogP contribution is -2.44. The number of aryl methyl sites for hydroxylation is 1. The number of hydrogen-bond donors (Lipinski definition) is 1.